The first-order chi connectivity index (χ1) is 7.20. The van der Waals surface area contributed by atoms with E-state index in [-0.39, 0.29) is 0 Å². The van der Waals surface area contributed by atoms with E-state index in [9.17, 15) is 0 Å². The van der Waals surface area contributed by atoms with Crippen molar-refractivity contribution >= 4 is 39.6 Å². The smallest absolute Gasteiger partial charge is 0.180 e. The number of anilines is 1. The second kappa shape index (κ2) is 4.51. The SMILES string of the molecule is CSCc1nc(C)c(-c2csc(N)n2)s1. The fourth-order valence-corrected chi connectivity index (χ4v) is 3.62. The maximum Gasteiger partial charge on any atom is 0.180 e. The molecule has 6 heteroatoms. The topological polar surface area (TPSA) is 51.8 Å². The summed E-state index contributed by atoms with van der Waals surface area (Å²) < 4.78 is 0. The van der Waals surface area contributed by atoms with Crippen LogP contribution >= 0.6 is 34.4 Å². The first-order valence-electron chi connectivity index (χ1n) is 4.37. The zero-order valence-corrected chi connectivity index (χ0v) is 10.9. The van der Waals surface area contributed by atoms with Crippen molar-refractivity contribution in [2.75, 3.05) is 12.0 Å². The van der Waals surface area contributed by atoms with Gasteiger partial charge in [-0.25, -0.2) is 9.97 Å². The molecule has 2 aromatic rings. The van der Waals surface area contributed by atoms with Crippen molar-refractivity contribution in [1.29, 1.82) is 0 Å². The number of hydrogen-bond donors (Lipinski definition) is 1. The molecule has 80 valence electrons. The van der Waals surface area contributed by atoms with E-state index in [1.807, 2.05) is 12.3 Å². The van der Waals surface area contributed by atoms with E-state index in [2.05, 4.69) is 16.2 Å². The van der Waals surface area contributed by atoms with E-state index >= 15 is 0 Å². The number of aromatic nitrogens is 2. The van der Waals surface area contributed by atoms with Gasteiger partial charge in [0.05, 0.1) is 16.3 Å². The molecule has 0 aliphatic heterocycles. The maximum atomic E-state index is 5.62. The standard InChI is InChI=1S/C9H11N3S3/c1-5-8(6-3-14-9(10)12-6)15-7(11-5)4-13-2/h3H,4H2,1-2H3,(H2,10,12). The maximum absolute atomic E-state index is 5.62. The Morgan fingerprint density at radius 1 is 1.47 bits per heavy atom. The van der Waals surface area contributed by atoms with Crippen molar-refractivity contribution in [3.8, 4) is 10.6 Å². The average molecular weight is 257 g/mol. The summed E-state index contributed by atoms with van der Waals surface area (Å²) in [6.45, 7) is 2.02. The number of thiazole rings is 2. The number of thioether (sulfide) groups is 1. The second-order valence-corrected chi connectivity index (χ2v) is 5.87. The molecule has 15 heavy (non-hydrogen) atoms. The van der Waals surface area contributed by atoms with Crippen molar-refractivity contribution in [2.45, 2.75) is 12.7 Å². The summed E-state index contributed by atoms with van der Waals surface area (Å²) in [6.07, 6.45) is 2.08. The lowest BCUT2D eigenvalue weighted by Crippen LogP contribution is -1.82. The average Bonchev–Trinajstić information content (AvgIpc) is 2.73. The van der Waals surface area contributed by atoms with Gasteiger partial charge in [0.15, 0.2) is 5.13 Å². The van der Waals surface area contributed by atoms with Gasteiger partial charge in [-0.15, -0.1) is 22.7 Å². The molecule has 0 aliphatic rings. The summed E-state index contributed by atoms with van der Waals surface area (Å²) in [5.74, 6) is 0.963. The first kappa shape index (κ1) is 10.9. The van der Waals surface area contributed by atoms with E-state index in [0.717, 1.165) is 27.0 Å². The summed E-state index contributed by atoms with van der Waals surface area (Å²) in [4.78, 5) is 9.93. The molecular formula is C9H11N3S3. The molecule has 0 unspecified atom stereocenters. The fourth-order valence-electron chi connectivity index (χ4n) is 1.27. The summed E-state index contributed by atoms with van der Waals surface area (Å²) in [6, 6.07) is 0. The Hall–Kier alpha value is -0.590. The van der Waals surface area contributed by atoms with Crippen LogP contribution < -0.4 is 5.73 Å². The minimum absolute atomic E-state index is 0.615. The van der Waals surface area contributed by atoms with Gasteiger partial charge in [-0.05, 0) is 13.2 Å². The third kappa shape index (κ3) is 2.32. The van der Waals surface area contributed by atoms with Gasteiger partial charge in [-0.1, -0.05) is 0 Å². The Labute approximate surface area is 101 Å². The zero-order chi connectivity index (χ0) is 10.8. The highest BCUT2D eigenvalue weighted by Gasteiger charge is 2.11. The molecule has 2 rings (SSSR count). The number of nitrogens with two attached hydrogens (primary N) is 1. The molecule has 2 aromatic heterocycles. The van der Waals surface area contributed by atoms with Gasteiger partial charge in [0.25, 0.3) is 0 Å². The Morgan fingerprint density at radius 2 is 2.27 bits per heavy atom. The molecule has 0 amide bonds. The molecule has 2 N–H and O–H groups in total. The second-order valence-electron chi connectivity index (χ2n) is 3.03. The van der Waals surface area contributed by atoms with E-state index in [1.54, 1.807) is 23.1 Å². The number of hydrogen-bond acceptors (Lipinski definition) is 6. The molecule has 0 aliphatic carbocycles. The largest absolute Gasteiger partial charge is 0.375 e. The molecule has 0 atom stereocenters. The number of nitrogen functional groups attached to an aromatic ring is 1. The van der Waals surface area contributed by atoms with Crippen LogP contribution in [0.15, 0.2) is 5.38 Å². The van der Waals surface area contributed by atoms with Gasteiger partial charge in [0.1, 0.15) is 5.01 Å². The fraction of sp³-hybridized carbons (Fsp3) is 0.333. The molecule has 2 heterocycles. The number of aryl methyl sites for hydroxylation is 1. The normalized spacial score (nSPS) is 10.8. The van der Waals surface area contributed by atoms with Crippen LogP contribution in [0.2, 0.25) is 0 Å². The van der Waals surface area contributed by atoms with E-state index in [1.165, 1.54) is 11.3 Å². The van der Waals surface area contributed by atoms with Crippen LogP contribution in [0.1, 0.15) is 10.7 Å². The molecule has 0 fully saturated rings. The highest BCUT2D eigenvalue weighted by molar-refractivity contribution is 7.97. The van der Waals surface area contributed by atoms with Gasteiger partial charge in [0.2, 0.25) is 0 Å². The lowest BCUT2D eigenvalue weighted by molar-refractivity contribution is 1.18. The molecule has 3 nitrogen and oxygen atoms in total. The minimum Gasteiger partial charge on any atom is -0.375 e. The van der Waals surface area contributed by atoms with Gasteiger partial charge >= 0.3 is 0 Å². The van der Waals surface area contributed by atoms with Crippen molar-refractivity contribution in [3.05, 3.63) is 16.1 Å². The van der Waals surface area contributed by atoms with Crippen LogP contribution in [-0.4, -0.2) is 16.2 Å². The molecular weight excluding hydrogens is 246 g/mol. The van der Waals surface area contributed by atoms with E-state index in [0.29, 0.717) is 5.13 Å². The molecule has 0 bridgehead atoms. The highest BCUT2D eigenvalue weighted by atomic mass is 32.2. The van der Waals surface area contributed by atoms with Crippen molar-refractivity contribution < 1.29 is 0 Å². The van der Waals surface area contributed by atoms with Crippen LogP contribution in [0, 0.1) is 6.92 Å². The molecule has 0 aromatic carbocycles. The monoisotopic (exact) mass is 257 g/mol. The van der Waals surface area contributed by atoms with Crippen LogP contribution in [0.3, 0.4) is 0 Å². The molecule has 0 saturated carbocycles. The quantitative estimate of drug-likeness (QED) is 0.918. The Bertz CT molecular complexity index is 461. The van der Waals surface area contributed by atoms with Gasteiger partial charge in [-0.2, -0.15) is 11.8 Å². The van der Waals surface area contributed by atoms with Gasteiger partial charge in [-0.3, -0.25) is 0 Å². The number of nitrogens with zero attached hydrogens (tertiary/aromatic N) is 2. The Balaban J connectivity index is 2.35. The Morgan fingerprint density at radius 3 is 2.87 bits per heavy atom. The predicted octanol–water partition coefficient (Wildman–Crippen LogP) is 3.02. The van der Waals surface area contributed by atoms with E-state index in [4.69, 9.17) is 5.73 Å². The van der Waals surface area contributed by atoms with E-state index < -0.39 is 0 Å². The summed E-state index contributed by atoms with van der Waals surface area (Å²) in [5, 5.41) is 3.75. The third-order valence-corrected chi connectivity index (χ3v) is 4.46. The third-order valence-electron chi connectivity index (χ3n) is 1.86. The van der Waals surface area contributed by atoms with Crippen molar-refractivity contribution in [2.24, 2.45) is 0 Å². The van der Waals surface area contributed by atoms with Gasteiger partial charge < -0.3 is 5.73 Å². The summed E-state index contributed by atoms with van der Waals surface area (Å²) in [7, 11) is 0. The van der Waals surface area contributed by atoms with Crippen LogP contribution in [0.4, 0.5) is 5.13 Å². The van der Waals surface area contributed by atoms with Crippen LogP contribution in [-0.2, 0) is 5.75 Å². The van der Waals surface area contributed by atoms with Crippen molar-refractivity contribution in [3.63, 3.8) is 0 Å². The number of rotatable bonds is 3. The first-order valence-corrected chi connectivity index (χ1v) is 7.46. The molecule has 0 spiro atoms. The lowest BCUT2D eigenvalue weighted by Gasteiger charge is -1.89. The summed E-state index contributed by atoms with van der Waals surface area (Å²) in [5.41, 5.74) is 7.63. The highest BCUT2D eigenvalue weighted by Crippen LogP contribution is 2.32. The predicted molar refractivity (Wildman–Crippen MR) is 69.6 cm³/mol. The van der Waals surface area contributed by atoms with Crippen LogP contribution in [0.25, 0.3) is 10.6 Å². The lowest BCUT2D eigenvalue weighted by atomic mass is 10.3. The molecule has 0 saturated heterocycles. The molecule has 0 radical (unpaired) electrons. The van der Waals surface area contributed by atoms with Crippen molar-refractivity contribution in [1.82, 2.24) is 9.97 Å². The Kier molecular flexibility index (Phi) is 3.28. The zero-order valence-electron chi connectivity index (χ0n) is 8.48. The summed E-state index contributed by atoms with van der Waals surface area (Å²) >= 11 is 4.96. The van der Waals surface area contributed by atoms with Gasteiger partial charge in [0, 0.05) is 11.1 Å². The minimum atomic E-state index is 0.615. The van der Waals surface area contributed by atoms with Crippen LogP contribution in [0.5, 0.6) is 0 Å².